The van der Waals surface area contributed by atoms with E-state index < -0.39 is 9.84 Å². The second kappa shape index (κ2) is 7.33. The Bertz CT molecular complexity index is 952. The van der Waals surface area contributed by atoms with E-state index in [0.29, 0.717) is 25.9 Å². The smallest absolute Gasteiger partial charge is 0.225 e. The number of aromatic nitrogens is 2. The van der Waals surface area contributed by atoms with E-state index in [2.05, 4.69) is 15.6 Å². The van der Waals surface area contributed by atoms with E-state index in [1.807, 2.05) is 42.0 Å². The molecule has 2 saturated heterocycles. The Morgan fingerprint density at radius 3 is 2.64 bits per heavy atom. The lowest BCUT2D eigenvalue weighted by molar-refractivity contribution is -0.128. The third-order valence-corrected chi connectivity index (χ3v) is 7.86. The largest absolute Gasteiger partial charge is 0.352 e. The quantitative estimate of drug-likeness (QED) is 0.802. The van der Waals surface area contributed by atoms with Crippen LogP contribution in [0.15, 0.2) is 36.7 Å². The van der Waals surface area contributed by atoms with Gasteiger partial charge in [-0.1, -0.05) is 12.1 Å². The number of benzene rings is 1. The molecular weight excluding hydrogens is 376 g/mol. The van der Waals surface area contributed by atoms with Crippen molar-refractivity contribution in [1.29, 1.82) is 0 Å². The Morgan fingerprint density at radius 1 is 1.29 bits per heavy atom. The molecule has 2 aromatic rings. The van der Waals surface area contributed by atoms with Gasteiger partial charge in [-0.2, -0.15) is 0 Å². The second-order valence-corrected chi connectivity index (χ2v) is 10.2. The summed E-state index contributed by atoms with van der Waals surface area (Å²) in [7, 11) is -2.94. The van der Waals surface area contributed by atoms with Crippen molar-refractivity contribution in [3.8, 4) is 5.69 Å². The predicted molar refractivity (Wildman–Crippen MR) is 107 cm³/mol. The monoisotopic (exact) mass is 402 g/mol. The summed E-state index contributed by atoms with van der Waals surface area (Å²) in [6.45, 7) is 3.76. The zero-order valence-electron chi connectivity index (χ0n) is 16.0. The summed E-state index contributed by atoms with van der Waals surface area (Å²) in [6, 6.07) is 8.04. The molecule has 1 unspecified atom stereocenters. The molecule has 0 radical (unpaired) electrons. The molecule has 0 saturated carbocycles. The molecule has 1 aromatic carbocycles. The van der Waals surface area contributed by atoms with Gasteiger partial charge in [-0.25, -0.2) is 13.4 Å². The van der Waals surface area contributed by atoms with Gasteiger partial charge in [0.15, 0.2) is 0 Å². The molecule has 28 heavy (non-hydrogen) atoms. The van der Waals surface area contributed by atoms with E-state index in [9.17, 15) is 13.2 Å². The molecule has 3 heterocycles. The van der Waals surface area contributed by atoms with Crippen LogP contribution in [0.2, 0.25) is 0 Å². The van der Waals surface area contributed by atoms with Gasteiger partial charge in [0.1, 0.15) is 15.7 Å². The third-order valence-electron chi connectivity index (χ3n) is 6.21. The van der Waals surface area contributed by atoms with E-state index >= 15 is 0 Å². The number of carbonyl (C=O) groups is 1. The highest BCUT2D eigenvalue weighted by Gasteiger charge is 2.49. The number of rotatable bonds is 4. The highest BCUT2D eigenvalue weighted by atomic mass is 32.2. The number of hydrogen-bond donors (Lipinski definition) is 2. The standard InChI is InChI=1S/C20H26N4O3S/c1-15-22-8-9-24(15)17-4-2-16(3-5-17)12-23-19(25)18-13-21-14-20(18)6-10-28(26,27)11-7-20/h2-5,8-9,18,21H,6-7,10-14H2,1H3,(H,23,25). The Kier molecular flexibility index (Phi) is 5.01. The molecule has 4 rings (SSSR count). The van der Waals surface area contributed by atoms with Crippen LogP contribution in [0.25, 0.3) is 5.69 Å². The maximum absolute atomic E-state index is 12.8. The van der Waals surface area contributed by atoms with Crippen LogP contribution in [0.4, 0.5) is 0 Å². The Labute approximate surface area is 165 Å². The van der Waals surface area contributed by atoms with Crippen molar-refractivity contribution in [2.45, 2.75) is 26.3 Å². The number of nitrogens with one attached hydrogen (secondary N) is 2. The minimum absolute atomic E-state index is 0.0128. The van der Waals surface area contributed by atoms with Gasteiger partial charge < -0.3 is 15.2 Å². The fourth-order valence-electron chi connectivity index (χ4n) is 4.38. The predicted octanol–water partition coefficient (Wildman–Crippen LogP) is 1.21. The zero-order valence-corrected chi connectivity index (χ0v) is 16.8. The molecule has 150 valence electrons. The molecule has 2 aliphatic rings. The molecule has 0 bridgehead atoms. The topological polar surface area (TPSA) is 93.1 Å². The number of nitrogens with zero attached hydrogens (tertiary/aromatic N) is 2. The lowest BCUT2D eigenvalue weighted by Gasteiger charge is -2.37. The van der Waals surface area contributed by atoms with Gasteiger partial charge in [0.05, 0.1) is 17.4 Å². The molecule has 0 aliphatic carbocycles. The summed E-state index contributed by atoms with van der Waals surface area (Å²) in [5.41, 5.74) is 1.84. The van der Waals surface area contributed by atoms with Gasteiger partial charge in [-0.05, 0) is 42.9 Å². The van der Waals surface area contributed by atoms with Crippen molar-refractivity contribution < 1.29 is 13.2 Å². The summed E-state index contributed by atoms with van der Waals surface area (Å²) < 4.78 is 25.6. The minimum Gasteiger partial charge on any atom is -0.352 e. The van der Waals surface area contributed by atoms with Crippen LogP contribution in [0.1, 0.15) is 24.2 Å². The van der Waals surface area contributed by atoms with Crippen LogP contribution >= 0.6 is 0 Å². The fourth-order valence-corrected chi connectivity index (χ4v) is 6.02. The van der Waals surface area contributed by atoms with Gasteiger partial charge in [-0.3, -0.25) is 4.79 Å². The molecule has 8 heteroatoms. The maximum Gasteiger partial charge on any atom is 0.225 e. The lowest BCUT2D eigenvalue weighted by atomic mass is 9.73. The normalized spacial score (nSPS) is 23.0. The molecule has 1 atom stereocenters. The van der Waals surface area contributed by atoms with Crippen LogP contribution < -0.4 is 10.6 Å². The first-order chi connectivity index (χ1) is 13.4. The highest BCUT2D eigenvalue weighted by Crippen LogP contribution is 2.42. The molecular formula is C20H26N4O3S. The lowest BCUT2D eigenvalue weighted by Crippen LogP contribution is -2.45. The molecule has 2 N–H and O–H groups in total. The number of imidazole rings is 1. The van der Waals surface area contributed by atoms with Crippen molar-refractivity contribution >= 4 is 15.7 Å². The Hall–Kier alpha value is -2.19. The van der Waals surface area contributed by atoms with E-state index in [1.54, 1.807) is 6.20 Å². The van der Waals surface area contributed by atoms with Gasteiger partial charge >= 0.3 is 0 Å². The number of aryl methyl sites for hydroxylation is 1. The maximum atomic E-state index is 12.8. The van der Waals surface area contributed by atoms with Crippen molar-refractivity contribution in [2.75, 3.05) is 24.6 Å². The number of carbonyl (C=O) groups excluding carboxylic acids is 1. The molecule has 7 nitrogen and oxygen atoms in total. The van der Waals surface area contributed by atoms with Crippen LogP contribution in [-0.2, 0) is 21.2 Å². The second-order valence-electron chi connectivity index (χ2n) is 7.93. The minimum atomic E-state index is -2.94. The third kappa shape index (κ3) is 3.71. The van der Waals surface area contributed by atoms with E-state index in [1.165, 1.54) is 0 Å². The van der Waals surface area contributed by atoms with E-state index in [0.717, 1.165) is 23.6 Å². The summed E-state index contributed by atoms with van der Waals surface area (Å²) in [5, 5.41) is 6.35. The molecule has 2 aliphatic heterocycles. The first-order valence-electron chi connectivity index (χ1n) is 9.67. The van der Waals surface area contributed by atoms with Crippen LogP contribution in [0.5, 0.6) is 0 Å². The molecule has 1 aromatic heterocycles. The number of sulfone groups is 1. The summed E-state index contributed by atoms with van der Waals surface area (Å²) in [4.78, 5) is 17.1. The van der Waals surface area contributed by atoms with Gasteiger partial charge in [-0.15, -0.1) is 0 Å². The molecule has 1 spiro atoms. The van der Waals surface area contributed by atoms with Crippen LogP contribution in [-0.4, -0.2) is 48.5 Å². The Morgan fingerprint density at radius 2 is 2.00 bits per heavy atom. The Balaban J connectivity index is 1.38. The summed E-state index contributed by atoms with van der Waals surface area (Å²) >= 11 is 0. The van der Waals surface area contributed by atoms with Gasteiger partial charge in [0, 0.05) is 37.7 Å². The average Bonchev–Trinajstić information content (AvgIpc) is 3.30. The van der Waals surface area contributed by atoms with E-state index in [-0.39, 0.29) is 28.7 Å². The van der Waals surface area contributed by atoms with Gasteiger partial charge in [0.25, 0.3) is 0 Å². The van der Waals surface area contributed by atoms with Crippen molar-refractivity contribution in [2.24, 2.45) is 11.3 Å². The number of amides is 1. The van der Waals surface area contributed by atoms with Gasteiger partial charge in [0.2, 0.25) is 5.91 Å². The molecule has 2 fully saturated rings. The summed E-state index contributed by atoms with van der Waals surface area (Å²) in [5.74, 6) is 1.14. The fraction of sp³-hybridized carbons (Fsp3) is 0.500. The zero-order chi connectivity index (χ0) is 19.8. The van der Waals surface area contributed by atoms with Crippen LogP contribution in [0, 0.1) is 18.3 Å². The highest BCUT2D eigenvalue weighted by molar-refractivity contribution is 7.91. The van der Waals surface area contributed by atoms with Crippen molar-refractivity contribution in [3.63, 3.8) is 0 Å². The van der Waals surface area contributed by atoms with E-state index in [4.69, 9.17) is 0 Å². The average molecular weight is 403 g/mol. The first-order valence-corrected chi connectivity index (χ1v) is 11.5. The summed E-state index contributed by atoms with van der Waals surface area (Å²) in [6.07, 6.45) is 4.83. The first kappa shape index (κ1) is 19.1. The van der Waals surface area contributed by atoms with Crippen molar-refractivity contribution in [3.05, 3.63) is 48.0 Å². The van der Waals surface area contributed by atoms with Crippen molar-refractivity contribution in [1.82, 2.24) is 20.2 Å². The molecule has 1 amide bonds. The number of hydrogen-bond acceptors (Lipinski definition) is 5. The van der Waals surface area contributed by atoms with Crippen LogP contribution in [0.3, 0.4) is 0 Å². The SMILES string of the molecule is Cc1nccn1-c1ccc(CNC(=O)C2CNCC23CCS(=O)(=O)CC3)cc1.